The van der Waals surface area contributed by atoms with Crippen LogP contribution in [0.25, 0.3) is 11.0 Å². The number of imidazole rings is 1. The van der Waals surface area contributed by atoms with E-state index in [1.807, 2.05) is 14.0 Å². The van der Waals surface area contributed by atoms with Crippen molar-refractivity contribution in [3.8, 4) is 0 Å². The number of hydrogen-bond donors (Lipinski definition) is 2. The Bertz CT molecular complexity index is 490. The van der Waals surface area contributed by atoms with E-state index in [2.05, 4.69) is 45.7 Å². The molecule has 86 valence electrons. The highest BCUT2D eigenvalue weighted by atomic mass is 32.1. The quantitative estimate of drug-likeness (QED) is 0.481. The lowest BCUT2D eigenvalue weighted by atomic mass is 10.1. The number of benzene rings is 1. The molecule has 0 radical (unpaired) electrons. The second kappa shape index (κ2) is 4.89. The number of nitrogens with one attached hydrogen (secondary N) is 1. The number of thiol groups is 1. The maximum Gasteiger partial charge on any atom is 0.106 e. The van der Waals surface area contributed by atoms with Crippen molar-refractivity contribution < 1.29 is 0 Å². The summed E-state index contributed by atoms with van der Waals surface area (Å²) in [5.74, 6) is 1.78. The molecular weight excluding hydrogens is 218 g/mol. The van der Waals surface area contributed by atoms with Gasteiger partial charge in [0.05, 0.1) is 11.0 Å². The van der Waals surface area contributed by atoms with E-state index in [0.29, 0.717) is 0 Å². The molecule has 0 bridgehead atoms. The van der Waals surface area contributed by atoms with Crippen LogP contribution in [-0.4, -0.2) is 22.0 Å². The fraction of sp³-hybridized carbons (Fsp3) is 0.417. The van der Waals surface area contributed by atoms with E-state index in [1.54, 1.807) is 0 Å². The molecular formula is C12H17N3S. The molecule has 0 spiro atoms. The highest BCUT2D eigenvalue weighted by Gasteiger charge is 2.04. The van der Waals surface area contributed by atoms with Crippen LogP contribution in [0, 0.1) is 6.92 Å². The van der Waals surface area contributed by atoms with Gasteiger partial charge in [-0.25, -0.2) is 4.98 Å². The normalized spacial score (nSPS) is 11.2. The molecule has 0 aliphatic carbocycles. The van der Waals surface area contributed by atoms with E-state index < -0.39 is 0 Å². The van der Waals surface area contributed by atoms with Gasteiger partial charge in [0.1, 0.15) is 5.82 Å². The lowest BCUT2D eigenvalue weighted by molar-refractivity contribution is 0.777. The molecule has 0 saturated carbocycles. The van der Waals surface area contributed by atoms with Crippen molar-refractivity contribution in [1.82, 2.24) is 14.9 Å². The van der Waals surface area contributed by atoms with Gasteiger partial charge in [-0.1, -0.05) is 6.07 Å². The Morgan fingerprint density at radius 3 is 3.00 bits per heavy atom. The van der Waals surface area contributed by atoms with Crippen LogP contribution in [0.3, 0.4) is 0 Å². The van der Waals surface area contributed by atoms with E-state index in [4.69, 9.17) is 0 Å². The van der Waals surface area contributed by atoms with Crippen molar-refractivity contribution >= 4 is 23.7 Å². The van der Waals surface area contributed by atoms with Crippen LogP contribution in [0.4, 0.5) is 0 Å². The molecule has 2 rings (SSSR count). The molecule has 0 unspecified atom stereocenters. The van der Waals surface area contributed by atoms with Crippen LogP contribution >= 0.6 is 12.6 Å². The van der Waals surface area contributed by atoms with Crippen LogP contribution in [-0.2, 0) is 13.5 Å². The molecule has 0 amide bonds. The number of nitrogens with zero attached hydrogens (tertiary/aromatic N) is 2. The van der Waals surface area contributed by atoms with Crippen molar-refractivity contribution in [2.75, 3.05) is 12.4 Å². The molecule has 0 aliphatic rings. The minimum Gasteiger partial charge on any atom is -0.331 e. The van der Waals surface area contributed by atoms with Gasteiger partial charge in [-0.3, -0.25) is 0 Å². The van der Waals surface area contributed by atoms with Crippen LogP contribution in [0.2, 0.25) is 0 Å². The highest BCUT2D eigenvalue weighted by molar-refractivity contribution is 7.80. The van der Waals surface area contributed by atoms with E-state index in [9.17, 15) is 0 Å². The Morgan fingerprint density at radius 1 is 1.44 bits per heavy atom. The fourth-order valence-corrected chi connectivity index (χ4v) is 1.99. The first-order valence-electron chi connectivity index (χ1n) is 5.46. The number of aromatic nitrogens is 2. The van der Waals surface area contributed by atoms with Crippen molar-refractivity contribution in [2.24, 2.45) is 7.05 Å². The maximum absolute atomic E-state index is 4.53. The number of aryl methyl sites for hydroxylation is 2. The Morgan fingerprint density at radius 2 is 2.25 bits per heavy atom. The first-order chi connectivity index (χ1) is 7.72. The predicted molar refractivity (Wildman–Crippen MR) is 71.0 cm³/mol. The Balaban J connectivity index is 2.23. The molecule has 4 heteroatoms. The molecule has 0 atom stereocenters. The van der Waals surface area contributed by atoms with Gasteiger partial charge in [-0.15, -0.1) is 0 Å². The lowest BCUT2D eigenvalue weighted by Crippen LogP contribution is -2.14. The Hall–Kier alpha value is -1.00. The topological polar surface area (TPSA) is 29.9 Å². The summed E-state index contributed by atoms with van der Waals surface area (Å²) in [6, 6.07) is 6.48. The smallest absolute Gasteiger partial charge is 0.106 e. The number of fused-ring (bicyclic) bond motifs is 1. The van der Waals surface area contributed by atoms with Crippen LogP contribution in [0.5, 0.6) is 0 Å². The Labute approximate surface area is 101 Å². The maximum atomic E-state index is 4.53. The van der Waals surface area contributed by atoms with Crippen molar-refractivity contribution in [3.63, 3.8) is 0 Å². The van der Waals surface area contributed by atoms with E-state index in [-0.39, 0.29) is 0 Å². The molecule has 0 saturated heterocycles. The minimum absolute atomic E-state index is 0.727. The van der Waals surface area contributed by atoms with E-state index in [1.165, 1.54) is 11.1 Å². The number of rotatable bonds is 4. The summed E-state index contributed by atoms with van der Waals surface area (Å²) in [4.78, 5) is 4.53. The second-order valence-electron chi connectivity index (χ2n) is 3.95. The minimum atomic E-state index is 0.727. The molecule has 1 aromatic carbocycles. The molecule has 0 aliphatic heterocycles. The summed E-state index contributed by atoms with van der Waals surface area (Å²) in [6.45, 7) is 2.99. The van der Waals surface area contributed by atoms with E-state index >= 15 is 0 Å². The fourth-order valence-electron chi connectivity index (χ4n) is 1.83. The summed E-state index contributed by atoms with van der Waals surface area (Å²) in [5.41, 5.74) is 3.60. The predicted octanol–water partition coefficient (Wildman–Crippen LogP) is 1.90. The standard InChI is InChI=1S/C12H17N3S/c1-9-14-11-7-10(5-6-13-8-16)3-4-12(11)15(9)2/h3-4,7,13,16H,5-6,8H2,1-2H3. The highest BCUT2D eigenvalue weighted by Crippen LogP contribution is 2.16. The average molecular weight is 235 g/mol. The third-order valence-electron chi connectivity index (χ3n) is 2.87. The third-order valence-corrected chi connectivity index (χ3v) is 3.09. The zero-order valence-electron chi connectivity index (χ0n) is 9.70. The molecule has 0 fully saturated rings. The molecule has 16 heavy (non-hydrogen) atoms. The molecule has 2 aromatic rings. The SMILES string of the molecule is Cc1nc2cc(CCNCS)ccc2n1C. The van der Waals surface area contributed by atoms with Crippen molar-refractivity contribution in [2.45, 2.75) is 13.3 Å². The zero-order chi connectivity index (χ0) is 11.5. The summed E-state index contributed by atoms with van der Waals surface area (Å²) >= 11 is 4.12. The summed E-state index contributed by atoms with van der Waals surface area (Å²) in [7, 11) is 2.05. The Kier molecular flexibility index (Phi) is 3.51. The van der Waals surface area contributed by atoms with Gasteiger partial charge in [0.15, 0.2) is 0 Å². The summed E-state index contributed by atoms with van der Waals surface area (Å²) in [6.07, 6.45) is 1.02. The first-order valence-corrected chi connectivity index (χ1v) is 6.09. The number of hydrogen-bond acceptors (Lipinski definition) is 3. The summed E-state index contributed by atoms with van der Waals surface area (Å²) in [5, 5.41) is 3.20. The van der Waals surface area contributed by atoms with Gasteiger partial charge in [0.25, 0.3) is 0 Å². The zero-order valence-corrected chi connectivity index (χ0v) is 10.6. The van der Waals surface area contributed by atoms with Gasteiger partial charge < -0.3 is 9.88 Å². The first kappa shape index (κ1) is 11.5. The average Bonchev–Trinajstić information content (AvgIpc) is 2.55. The van der Waals surface area contributed by atoms with Gasteiger partial charge in [0.2, 0.25) is 0 Å². The summed E-state index contributed by atoms with van der Waals surface area (Å²) < 4.78 is 2.12. The second-order valence-corrected chi connectivity index (χ2v) is 4.27. The van der Waals surface area contributed by atoms with Crippen molar-refractivity contribution in [1.29, 1.82) is 0 Å². The molecule has 1 aromatic heterocycles. The lowest BCUT2D eigenvalue weighted by Gasteiger charge is -2.02. The van der Waals surface area contributed by atoms with Gasteiger partial charge in [0, 0.05) is 12.9 Å². The third kappa shape index (κ3) is 2.23. The monoisotopic (exact) mass is 235 g/mol. The van der Waals surface area contributed by atoms with Crippen LogP contribution < -0.4 is 5.32 Å². The largest absolute Gasteiger partial charge is 0.331 e. The van der Waals surface area contributed by atoms with Crippen LogP contribution in [0.1, 0.15) is 11.4 Å². The van der Waals surface area contributed by atoms with E-state index in [0.717, 1.165) is 30.2 Å². The van der Waals surface area contributed by atoms with Gasteiger partial charge in [-0.05, 0) is 37.6 Å². The molecule has 3 nitrogen and oxygen atoms in total. The molecule has 1 heterocycles. The van der Waals surface area contributed by atoms with Crippen LogP contribution in [0.15, 0.2) is 18.2 Å². The van der Waals surface area contributed by atoms with Crippen molar-refractivity contribution in [3.05, 3.63) is 29.6 Å². The van der Waals surface area contributed by atoms with Gasteiger partial charge >= 0.3 is 0 Å². The molecule has 1 N–H and O–H groups in total. The van der Waals surface area contributed by atoms with Gasteiger partial charge in [-0.2, -0.15) is 12.6 Å².